The van der Waals surface area contributed by atoms with Crippen molar-refractivity contribution in [1.29, 1.82) is 0 Å². The number of amides is 6. The van der Waals surface area contributed by atoms with Crippen LogP contribution in [-0.2, 0) is 36.0 Å². The van der Waals surface area contributed by atoms with Gasteiger partial charge in [-0.1, -0.05) is 42.1 Å². The summed E-state index contributed by atoms with van der Waals surface area (Å²) in [6.07, 6.45) is 3.34. The fourth-order valence-corrected chi connectivity index (χ4v) is 5.44. The molecule has 0 radical (unpaired) electrons. The molecule has 2 aromatic carbocycles. The van der Waals surface area contributed by atoms with E-state index in [4.69, 9.17) is 0 Å². The van der Waals surface area contributed by atoms with E-state index in [2.05, 4.69) is 21.3 Å². The third kappa shape index (κ3) is 8.32. The molecule has 2 unspecified atom stereocenters. The Morgan fingerprint density at radius 3 is 2.51 bits per heavy atom. The van der Waals surface area contributed by atoms with Crippen LogP contribution in [0.1, 0.15) is 71.2 Å². The van der Waals surface area contributed by atoms with Gasteiger partial charge in [0.15, 0.2) is 0 Å². The van der Waals surface area contributed by atoms with E-state index in [-0.39, 0.29) is 48.1 Å². The van der Waals surface area contributed by atoms with E-state index in [0.717, 1.165) is 17.7 Å². The Bertz CT molecular complexity index is 1460. The van der Waals surface area contributed by atoms with E-state index in [1.54, 1.807) is 36.4 Å². The summed E-state index contributed by atoms with van der Waals surface area (Å²) in [5, 5.41) is 10.6. The van der Waals surface area contributed by atoms with Gasteiger partial charge in [0.1, 0.15) is 6.04 Å². The number of imide groups is 2. The minimum absolute atomic E-state index is 0.0239. The van der Waals surface area contributed by atoms with Crippen molar-refractivity contribution in [1.82, 2.24) is 15.5 Å². The average molecular weight is 611 g/mol. The third-order valence-corrected chi connectivity index (χ3v) is 7.62. The highest BCUT2D eigenvalue weighted by atomic mass is 32.2. The van der Waals surface area contributed by atoms with Crippen LogP contribution in [0.15, 0.2) is 42.5 Å². The molecule has 2 heterocycles. The molecule has 2 aliphatic rings. The zero-order valence-electron chi connectivity index (χ0n) is 23.3. The van der Waals surface area contributed by atoms with Crippen molar-refractivity contribution in [3.8, 4) is 0 Å². The zero-order chi connectivity index (χ0) is 30.9. The third-order valence-electron chi connectivity index (χ3n) is 7.06. The quantitative estimate of drug-likeness (QED) is 0.140. The molecular formula is C29H32N5O8S-. The van der Waals surface area contributed by atoms with E-state index >= 15 is 0 Å². The summed E-state index contributed by atoms with van der Waals surface area (Å²) < 4.78 is 21.7. The Hall–Kier alpha value is -4.43. The number of nitrogens with zero attached hydrogens (tertiary/aromatic N) is 1. The molecule has 0 bridgehead atoms. The first-order valence-electron chi connectivity index (χ1n) is 13.9. The molecule has 1 fully saturated rings. The highest BCUT2D eigenvalue weighted by molar-refractivity contribution is 7.78. The van der Waals surface area contributed by atoms with Gasteiger partial charge in [-0.15, -0.1) is 0 Å². The first kappa shape index (κ1) is 31.5. The Balaban J connectivity index is 1.14. The van der Waals surface area contributed by atoms with Gasteiger partial charge in [-0.05, 0) is 49.1 Å². The fraction of sp³-hybridized carbons (Fsp3) is 0.379. The van der Waals surface area contributed by atoms with Crippen molar-refractivity contribution < 1.29 is 37.5 Å². The van der Waals surface area contributed by atoms with E-state index in [1.807, 2.05) is 0 Å². The number of unbranched alkanes of at least 4 members (excludes halogenated alkanes) is 3. The molecule has 2 aliphatic heterocycles. The lowest BCUT2D eigenvalue weighted by Crippen LogP contribution is -2.54. The summed E-state index contributed by atoms with van der Waals surface area (Å²) in [5.41, 5.74) is 1.65. The van der Waals surface area contributed by atoms with Crippen LogP contribution in [0, 0.1) is 0 Å². The number of rotatable bonds is 14. The maximum Gasteiger partial charge on any atom is 0.264 e. The van der Waals surface area contributed by atoms with E-state index in [0.29, 0.717) is 42.7 Å². The minimum Gasteiger partial charge on any atom is -0.772 e. The van der Waals surface area contributed by atoms with Crippen molar-refractivity contribution in [3.05, 3.63) is 59.2 Å². The molecule has 2 atom stereocenters. The molecule has 0 saturated carbocycles. The van der Waals surface area contributed by atoms with Gasteiger partial charge in [-0.3, -0.25) is 43.2 Å². The van der Waals surface area contributed by atoms with E-state index < -0.39 is 40.8 Å². The number of anilines is 2. The largest absolute Gasteiger partial charge is 0.772 e. The fourth-order valence-electron chi connectivity index (χ4n) is 4.99. The number of fused-ring (bicyclic) bond motifs is 1. The summed E-state index contributed by atoms with van der Waals surface area (Å²) in [7, 11) is 0. The van der Waals surface area contributed by atoms with Gasteiger partial charge >= 0.3 is 0 Å². The number of piperidine rings is 1. The number of carbonyl (C=O) groups is 6. The van der Waals surface area contributed by atoms with Crippen LogP contribution in [0.4, 0.5) is 11.4 Å². The highest BCUT2D eigenvalue weighted by Crippen LogP contribution is 2.32. The molecule has 14 heteroatoms. The van der Waals surface area contributed by atoms with Crippen LogP contribution in [0.25, 0.3) is 0 Å². The Morgan fingerprint density at radius 2 is 1.74 bits per heavy atom. The molecular weight excluding hydrogens is 578 g/mol. The van der Waals surface area contributed by atoms with Gasteiger partial charge in [0.2, 0.25) is 23.6 Å². The van der Waals surface area contributed by atoms with Gasteiger partial charge < -0.3 is 20.5 Å². The Kier molecular flexibility index (Phi) is 10.7. The molecule has 2 aromatic rings. The Morgan fingerprint density at radius 1 is 0.977 bits per heavy atom. The monoisotopic (exact) mass is 610 g/mol. The van der Waals surface area contributed by atoms with E-state index in [9.17, 15) is 37.5 Å². The molecule has 0 aromatic heterocycles. The number of carbonyl (C=O) groups excluding carboxylic acids is 6. The second kappa shape index (κ2) is 14.6. The standard InChI is InChI=1S/C29H33N5O8S/c35-23(32-19-8-5-7-18(15-19)17-43(41)42)11-3-1-2-4-14-30-25(37)16-31-21-10-6-9-20-26(21)29(40)34(28(20)39)22-12-13-24(36)33-27(22)38/h5-10,15,22,31H,1-4,11-14,16-17H2,(H,30,37)(H,32,35)(H,41,42)(H,33,36,38)/p-1. The average Bonchev–Trinajstić information content (AvgIpc) is 3.21. The topological polar surface area (TPSA) is 194 Å². The smallest absolute Gasteiger partial charge is 0.264 e. The van der Waals surface area contributed by atoms with Crippen molar-refractivity contribution >= 4 is 57.9 Å². The lowest BCUT2D eigenvalue weighted by atomic mass is 10.0. The molecule has 13 nitrogen and oxygen atoms in total. The number of benzene rings is 2. The van der Waals surface area contributed by atoms with Crippen LogP contribution in [0.3, 0.4) is 0 Å². The normalized spacial score (nSPS) is 16.9. The first-order chi connectivity index (χ1) is 20.6. The summed E-state index contributed by atoms with van der Waals surface area (Å²) in [5.74, 6) is -3.00. The van der Waals surface area contributed by atoms with Gasteiger partial charge in [0.25, 0.3) is 11.8 Å². The van der Waals surface area contributed by atoms with Crippen LogP contribution in [-0.4, -0.2) is 68.2 Å². The molecule has 0 aliphatic carbocycles. The molecule has 0 spiro atoms. The summed E-state index contributed by atoms with van der Waals surface area (Å²) >= 11 is -2.20. The lowest BCUT2D eigenvalue weighted by molar-refractivity contribution is -0.136. The second-order valence-electron chi connectivity index (χ2n) is 10.2. The molecule has 1 saturated heterocycles. The van der Waals surface area contributed by atoms with Crippen LogP contribution in [0.2, 0.25) is 0 Å². The van der Waals surface area contributed by atoms with Crippen molar-refractivity contribution in [3.63, 3.8) is 0 Å². The number of hydrogen-bond donors (Lipinski definition) is 4. The lowest BCUT2D eigenvalue weighted by Gasteiger charge is -2.27. The summed E-state index contributed by atoms with van der Waals surface area (Å²) in [6.45, 7) is 0.288. The predicted octanol–water partition coefficient (Wildman–Crippen LogP) is 1.58. The van der Waals surface area contributed by atoms with Gasteiger partial charge in [0.05, 0.1) is 17.7 Å². The molecule has 6 amide bonds. The maximum absolute atomic E-state index is 13.1. The van der Waals surface area contributed by atoms with E-state index in [1.165, 1.54) is 6.07 Å². The van der Waals surface area contributed by atoms with Gasteiger partial charge in [-0.2, -0.15) is 0 Å². The maximum atomic E-state index is 13.1. The second-order valence-corrected chi connectivity index (χ2v) is 11.1. The van der Waals surface area contributed by atoms with Gasteiger partial charge in [-0.25, -0.2) is 0 Å². The number of nitrogens with one attached hydrogen (secondary N) is 4. The predicted molar refractivity (Wildman–Crippen MR) is 155 cm³/mol. The van der Waals surface area contributed by atoms with Crippen molar-refractivity contribution in [2.75, 3.05) is 23.7 Å². The first-order valence-corrected chi connectivity index (χ1v) is 15.2. The van der Waals surface area contributed by atoms with Crippen molar-refractivity contribution in [2.45, 2.75) is 56.7 Å². The highest BCUT2D eigenvalue weighted by Gasteiger charge is 2.45. The molecule has 4 N–H and O–H groups in total. The minimum atomic E-state index is -2.20. The van der Waals surface area contributed by atoms with Crippen LogP contribution >= 0.6 is 0 Å². The Labute approximate surface area is 250 Å². The zero-order valence-corrected chi connectivity index (χ0v) is 24.1. The van der Waals surface area contributed by atoms with Crippen LogP contribution in [0.5, 0.6) is 0 Å². The SMILES string of the molecule is O=C(CNc1cccc2c1C(=O)N(C1CCC(=O)NC1=O)C2=O)NCCCCCCC(=O)Nc1cccc(CS(=O)[O-])c1. The molecule has 43 heavy (non-hydrogen) atoms. The number of hydrogen-bond acceptors (Lipinski definition) is 9. The molecule has 4 rings (SSSR count). The molecule has 228 valence electrons. The van der Waals surface area contributed by atoms with Crippen LogP contribution < -0.4 is 21.3 Å². The summed E-state index contributed by atoms with van der Waals surface area (Å²) in [4.78, 5) is 75.2. The van der Waals surface area contributed by atoms with Gasteiger partial charge in [0, 0.05) is 36.5 Å². The summed E-state index contributed by atoms with van der Waals surface area (Å²) in [6, 6.07) is 10.3. The van der Waals surface area contributed by atoms with Crippen molar-refractivity contribution in [2.24, 2.45) is 0 Å².